The maximum Gasteiger partial charge on any atom is 0.123 e. The van der Waals surface area contributed by atoms with Gasteiger partial charge in [0.05, 0.1) is 7.11 Å². The topological polar surface area (TPSA) is 35.2 Å². The van der Waals surface area contributed by atoms with Crippen molar-refractivity contribution in [3.05, 3.63) is 40.8 Å². The summed E-state index contributed by atoms with van der Waals surface area (Å²) in [6.07, 6.45) is 3.62. The van der Waals surface area contributed by atoms with E-state index in [1.165, 1.54) is 0 Å². The normalized spacial score (nSPS) is 11.4. The molecule has 0 aromatic heterocycles. The molecule has 0 heterocycles. The molecule has 1 aromatic rings. The number of hydrogen-bond acceptors (Lipinski definition) is 2. The van der Waals surface area contributed by atoms with Crippen LogP contribution in [0.2, 0.25) is 0 Å². The molecule has 0 bridgehead atoms. The van der Waals surface area contributed by atoms with Gasteiger partial charge in [0.15, 0.2) is 0 Å². The monoisotopic (exact) mass is 189 g/mol. The van der Waals surface area contributed by atoms with Gasteiger partial charge in [0.25, 0.3) is 0 Å². The van der Waals surface area contributed by atoms with Crippen molar-refractivity contribution in [2.45, 2.75) is 6.54 Å². The van der Waals surface area contributed by atoms with Crippen LogP contribution in [-0.4, -0.2) is 7.11 Å². The van der Waals surface area contributed by atoms with Crippen LogP contribution in [0.25, 0.3) is 12.7 Å². The van der Waals surface area contributed by atoms with E-state index in [9.17, 15) is 0 Å². The second-order valence-electron chi connectivity index (χ2n) is 2.93. The quantitative estimate of drug-likeness (QED) is 0.753. The van der Waals surface area contributed by atoms with Crippen LogP contribution in [0.5, 0.6) is 5.75 Å². The smallest absolute Gasteiger partial charge is 0.123 e. The zero-order valence-electron chi connectivity index (χ0n) is 8.42. The highest BCUT2D eigenvalue weighted by molar-refractivity contribution is 5.45. The van der Waals surface area contributed by atoms with Gasteiger partial charge < -0.3 is 10.5 Å². The second-order valence-corrected chi connectivity index (χ2v) is 2.93. The minimum absolute atomic E-state index is 0.437. The van der Waals surface area contributed by atoms with Crippen molar-refractivity contribution in [1.82, 2.24) is 0 Å². The summed E-state index contributed by atoms with van der Waals surface area (Å²) >= 11 is 0. The van der Waals surface area contributed by atoms with Crippen LogP contribution in [0.4, 0.5) is 0 Å². The number of hydrogen-bond donors (Lipinski definition) is 1. The van der Waals surface area contributed by atoms with Crippen molar-refractivity contribution >= 4 is 12.7 Å². The first kappa shape index (κ1) is 10.5. The van der Waals surface area contributed by atoms with Gasteiger partial charge in [-0.05, 0) is 16.5 Å². The van der Waals surface area contributed by atoms with Gasteiger partial charge in [0.1, 0.15) is 5.75 Å². The Morgan fingerprint density at radius 3 is 2.71 bits per heavy atom. The number of benzene rings is 1. The molecule has 0 aliphatic carbocycles. The molecule has 14 heavy (non-hydrogen) atoms. The van der Waals surface area contributed by atoms with Crippen LogP contribution in [0.3, 0.4) is 0 Å². The second kappa shape index (κ2) is 4.63. The molecule has 0 spiro atoms. The van der Waals surface area contributed by atoms with E-state index in [0.29, 0.717) is 6.54 Å². The van der Waals surface area contributed by atoms with E-state index in [1.54, 1.807) is 13.2 Å². The molecule has 74 valence electrons. The molecule has 2 heteroatoms. The van der Waals surface area contributed by atoms with Crippen molar-refractivity contribution in [2.24, 2.45) is 5.73 Å². The fourth-order valence-electron chi connectivity index (χ4n) is 1.42. The van der Waals surface area contributed by atoms with Gasteiger partial charge in [0.2, 0.25) is 0 Å². The van der Waals surface area contributed by atoms with Gasteiger partial charge in [-0.2, -0.15) is 0 Å². The van der Waals surface area contributed by atoms with Crippen LogP contribution >= 0.6 is 0 Å². The third-order valence-corrected chi connectivity index (χ3v) is 2.11. The Hall–Kier alpha value is -1.54. The maximum atomic E-state index is 5.66. The lowest BCUT2D eigenvalue weighted by atomic mass is 10.1. The fourth-order valence-corrected chi connectivity index (χ4v) is 1.42. The Morgan fingerprint density at radius 2 is 2.21 bits per heavy atom. The molecule has 0 unspecified atom stereocenters. The van der Waals surface area contributed by atoms with Gasteiger partial charge in [-0.3, -0.25) is 0 Å². The third-order valence-electron chi connectivity index (χ3n) is 2.11. The van der Waals surface area contributed by atoms with Crippen molar-refractivity contribution in [3.8, 4) is 5.75 Å². The van der Waals surface area contributed by atoms with E-state index in [4.69, 9.17) is 10.5 Å². The van der Waals surface area contributed by atoms with Crippen molar-refractivity contribution in [1.29, 1.82) is 0 Å². The SMILES string of the molecule is C=C/C=c1/c(CN)c(OC)ccc1=C. The summed E-state index contributed by atoms with van der Waals surface area (Å²) in [5.74, 6) is 0.799. The van der Waals surface area contributed by atoms with E-state index < -0.39 is 0 Å². The standard InChI is InChI=1S/C12H15NO/c1-4-5-10-9(2)6-7-12(14-3)11(10)8-13/h4-7H,1-2,8,13H2,3H3/b10-5+. The van der Waals surface area contributed by atoms with Crippen LogP contribution < -0.4 is 20.9 Å². The molecule has 0 saturated carbocycles. The lowest BCUT2D eigenvalue weighted by Crippen LogP contribution is -2.29. The van der Waals surface area contributed by atoms with Crippen LogP contribution in [-0.2, 0) is 6.54 Å². The molecule has 0 radical (unpaired) electrons. The molecule has 2 N–H and O–H groups in total. The molecule has 1 rings (SSSR count). The molecular formula is C12H15NO. The van der Waals surface area contributed by atoms with Crippen LogP contribution in [0, 0.1) is 0 Å². The minimum atomic E-state index is 0.437. The number of rotatable bonds is 3. The van der Waals surface area contributed by atoms with E-state index >= 15 is 0 Å². The summed E-state index contributed by atoms with van der Waals surface area (Å²) in [4.78, 5) is 0. The van der Waals surface area contributed by atoms with Gasteiger partial charge in [-0.1, -0.05) is 31.4 Å². The predicted octanol–water partition coefficient (Wildman–Crippen LogP) is 0.531. The summed E-state index contributed by atoms with van der Waals surface area (Å²) in [6, 6.07) is 3.79. The van der Waals surface area contributed by atoms with Crippen LogP contribution in [0.15, 0.2) is 24.8 Å². The first-order valence-electron chi connectivity index (χ1n) is 4.42. The molecule has 0 fully saturated rings. The maximum absolute atomic E-state index is 5.66. The highest BCUT2D eigenvalue weighted by atomic mass is 16.5. The van der Waals surface area contributed by atoms with E-state index in [2.05, 4.69) is 13.2 Å². The molecule has 0 amide bonds. The number of nitrogens with two attached hydrogens (primary N) is 1. The fraction of sp³-hybridized carbons (Fsp3) is 0.167. The molecule has 2 nitrogen and oxygen atoms in total. The highest BCUT2D eigenvalue weighted by Crippen LogP contribution is 2.10. The molecular weight excluding hydrogens is 174 g/mol. The Kier molecular flexibility index (Phi) is 3.48. The third kappa shape index (κ3) is 1.86. The first-order valence-corrected chi connectivity index (χ1v) is 4.42. The summed E-state index contributed by atoms with van der Waals surface area (Å²) < 4.78 is 5.22. The highest BCUT2D eigenvalue weighted by Gasteiger charge is 2.01. The zero-order valence-corrected chi connectivity index (χ0v) is 8.42. The Labute approximate surface area is 84.0 Å². The van der Waals surface area contributed by atoms with E-state index in [1.807, 2.05) is 18.2 Å². The van der Waals surface area contributed by atoms with Gasteiger partial charge in [-0.15, -0.1) is 0 Å². The lowest BCUT2D eigenvalue weighted by Gasteiger charge is -2.07. The van der Waals surface area contributed by atoms with Crippen molar-refractivity contribution < 1.29 is 4.74 Å². The van der Waals surface area contributed by atoms with Gasteiger partial charge in [0, 0.05) is 12.1 Å². The average Bonchev–Trinajstić information content (AvgIpc) is 2.21. The molecule has 0 atom stereocenters. The average molecular weight is 189 g/mol. The zero-order chi connectivity index (χ0) is 10.6. The number of methoxy groups -OCH3 is 1. The summed E-state index contributed by atoms with van der Waals surface area (Å²) in [5.41, 5.74) is 6.64. The van der Waals surface area contributed by atoms with Crippen molar-refractivity contribution in [2.75, 3.05) is 7.11 Å². The summed E-state index contributed by atoms with van der Waals surface area (Å²) in [7, 11) is 1.63. The van der Waals surface area contributed by atoms with Crippen LogP contribution in [0.1, 0.15) is 5.56 Å². The van der Waals surface area contributed by atoms with Crippen molar-refractivity contribution in [3.63, 3.8) is 0 Å². The number of allylic oxidation sites excluding steroid dienone is 1. The summed E-state index contributed by atoms with van der Waals surface area (Å²) in [6.45, 7) is 8.03. The Morgan fingerprint density at radius 1 is 1.50 bits per heavy atom. The minimum Gasteiger partial charge on any atom is -0.496 e. The largest absolute Gasteiger partial charge is 0.496 e. The Balaban J connectivity index is 3.59. The van der Waals surface area contributed by atoms with E-state index in [0.717, 1.165) is 21.8 Å². The molecule has 1 aromatic carbocycles. The predicted molar refractivity (Wildman–Crippen MR) is 60.3 cm³/mol. The summed E-state index contributed by atoms with van der Waals surface area (Å²) in [5, 5.41) is 1.94. The molecule has 0 aliphatic heterocycles. The van der Waals surface area contributed by atoms with Gasteiger partial charge in [-0.25, -0.2) is 0 Å². The molecule has 0 saturated heterocycles. The number of ether oxygens (including phenoxy) is 1. The lowest BCUT2D eigenvalue weighted by molar-refractivity contribution is 0.409. The first-order chi connectivity index (χ1) is 6.74. The van der Waals surface area contributed by atoms with E-state index in [-0.39, 0.29) is 0 Å². The Bertz CT molecular complexity index is 434. The molecule has 0 aliphatic rings. The van der Waals surface area contributed by atoms with Gasteiger partial charge >= 0.3 is 0 Å².